The lowest BCUT2D eigenvalue weighted by Gasteiger charge is -2.50. The summed E-state index contributed by atoms with van der Waals surface area (Å²) < 4.78 is 11.3. The van der Waals surface area contributed by atoms with Gasteiger partial charge in [-0.15, -0.1) is 0 Å². The molecule has 7 atom stereocenters. The van der Waals surface area contributed by atoms with Gasteiger partial charge >= 0.3 is 11.9 Å². The average molecular weight is 539 g/mol. The van der Waals surface area contributed by atoms with Crippen LogP contribution in [0.4, 0.5) is 0 Å². The van der Waals surface area contributed by atoms with Gasteiger partial charge in [-0.05, 0) is 60.5 Å². The van der Waals surface area contributed by atoms with Crippen LogP contribution >= 0.6 is 0 Å². The standard InChI is InChI=1S/C31H38O8/c1-17-23(38-18(2)32)14-21-22(33)13-20-16-31(5,29(37)28(36)27(17)30(21,3)4)25(34)15-24(20)39-26(35)12-11-19-9-7-6-8-10-19/h6-13,21-25,28,33-34,36H,14-16H2,1-5H3/t21?,22-,23-,24-,25-,28+,31-/m1/s1. The van der Waals surface area contributed by atoms with Gasteiger partial charge in [0.05, 0.1) is 17.6 Å². The fourth-order valence-electron chi connectivity index (χ4n) is 6.55. The van der Waals surface area contributed by atoms with Crippen LogP contribution in [0.15, 0.2) is 59.2 Å². The molecule has 0 saturated heterocycles. The number of esters is 2. The SMILES string of the molecule is CC(=O)O[C@@H]1CC2[C@H](O)C=C3C[C@@](C)(C(=O)[C@@H](O)C(=C1C)C2(C)C)[C@H](O)C[C@H]3OC(=O)C=Cc1ccccc1. The molecule has 0 amide bonds. The highest BCUT2D eigenvalue weighted by molar-refractivity contribution is 5.93. The largest absolute Gasteiger partial charge is 0.458 e. The Bertz CT molecular complexity index is 1230. The summed E-state index contributed by atoms with van der Waals surface area (Å²) in [6, 6.07) is 9.25. The Morgan fingerprint density at radius 3 is 2.31 bits per heavy atom. The fraction of sp³-hybridized carbons (Fsp3) is 0.516. The normalized spacial score (nSPS) is 34.4. The third-order valence-electron chi connectivity index (χ3n) is 8.81. The van der Waals surface area contributed by atoms with E-state index in [-0.39, 0.29) is 19.3 Å². The lowest BCUT2D eigenvalue weighted by Crippen LogP contribution is -2.55. The third kappa shape index (κ3) is 5.51. The summed E-state index contributed by atoms with van der Waals surface area (Å²) >= 11 is 0. The molecule has 1 unspecified atom stereocenters. The van der Waals surface area contributed by atoms with Crippen molar-refractivity contribution in [1.82, 2.24) is 0 Å². The molecule has 4 bridgehead atoms. The second-order valence-corrected chi connectivity index (χ2v) is 11.8. The molecule has 0 heterocycles. The summed E-state index contributed by atoms with van der Waals surface area (Å²) in [5.41, 5.74) is 0.0722. The lowest BCUT2D eigenvalue weighted by molar-refractivity contribution is -0.153. The van der Waals surface area contributed by atoms with E-state index in [9.17, 15) is 29.7 Å². The maximum atomic E-state index is 13.9. The highest BCUT2D eigenvalue weighted by Crippen LogP contribution is 2.52. The highest BCUT2D eigenvalue weighted by atomic mass is 16.5. The zero-order chi connectivity index (χ0) is 28.7. The Hall–Kier alpha value is -3.07. The number of Topliss-reactive ketones (excluding diaryl/α,β-unsaturated/α-hetero) is 1. The number of rotatable bonds is 4. The zero-order valence-corrected chi connectivity index (χ0v) is 23.1. The third-order valence-corrected chi connectivity index (χ3v) is 8.81. The molecule has 8 nitrogen and oxygen atoms in total. The minimum atomic E-state index is -1.57. The van der Waals surface area contributed by atoms with E-state index in [1.165, 1.54) is 13.0 Å². The van der Waals surface area contributed by atoms with Crippen molar-refractivity contribution in [2.75, 3.05) is 0 Å². The average Bonchev–Trinajstić information content (AvgIpc) is 2.86. The van der Waals surface area contributed by atoms with Crippen molar-refractivity contribution < 1.29 is 39.2 Å². The number of aliphatic hydroxyl groups is 3. The van der Waals surface area contributed by atoms with Gasteiger partial charge in [-0.3, -0.25) is 9.59 Å². The molecule has 0 radical (unpaired) electrons. The van der Waals surface area contributed by atoms with Crippen LogP contribution in [0.1, 0.15) is 59.4 Å². The molecule has 8 heteroatoms. The molecule has 4 rings (SSSR count). The lowest BCUT2D eigenvalue weighted by atomic mass is 9.57. The van der Waals surface area contributed by atoms with E-state index in [4.69, 9.17) is 9.47 Å². The quantitative estimate of drug-likeness (QED) is 0.303. The van der Waals surface area contributed by atoms with Gasteiger partial charge in [0.15, 0.2) is 5.78 Å². The van der Waals surface area contributed by atoms with Crippen LogP contribution < -0.4 is 0 Å². The van der Waals surface area contributed by atoms with Crippen molar-refractivity contribution in [3.63, 3.8) is 0 Å². The molecule has 1 fully saturated rings. The first-order chi connectivity index (χ1) is 18.3. The van der Waals surface area contributed by atoms with Gasteiger partial charge in [0.2, 0.25) is 0 Å². The fourth-order valence-corrected chi connectivity index (χ4v) is 6.55. The van der Waals surface area contributed by atoms with Gasteiger partial charge in [0.25, 0.3) is 0 Å². The number of carbonyl (C=O) groups excluding carboxylic acids is 3. The van der Waals surface area contributed by atoms with E-state index in [1.54, 1.807) is 26.0 Å². The first kappa shape index (κ1) is 28.9. The Morgan fingerprint density at radius 2 is 1.67 bits per heavy atom. The minimum absolute atomic E-state index is 0.00825. The Morgan fingerprint density at radius 1 is 1.00 bits per heavy atom. The molecule has 3 aliphatic rings. The van der Waals surface area contributed by atoms with Gasteiger partial charge in [-0.1, -0.05) is 50.3 Å². The van der Waals surface area contributed by atoms with Crippen molar-refractivity contribution in [3.05, 3.63) is 64.8 Å². The highest BCUT2D eigenvalue weighted by Gasteiger charge is 2.55. The van der Waals surface area contributed by atoms with Crippen LogP contribution in [0.25, 0.3) is 6.08 Å². The molecule has 3 N–H and O–H groups in total. The predicted octanol–water partition coefficient (Wildman–Crippen LogP) is 3.30. The number of fused-ring (bicyclic) bond motifs is 4. The van der Waals surface area contributed by atoms with Gasteiger partial charge < -0.3 is 24.8 Å². The van der Waals surface area contributed by atoms with Crippen LogP contribution in [0, 0.1) is 16.7 Å². The van der Waals surface area contributed by atoms with Gasteiger partial charge in [-0.2, -0.15) is 0 Å². The van der Waals surface area contributed by atoms with Gasteiger partial charge in [0.1, 0.15) is 18.3 Å². The van der Waals surface area contributed by atoms with E-state index < -0.39 is 65.0 Å². The molecule has 3 aliphatic carbocycles. The van der Waals surface area contributed by atoms with Gasteiger partial charge in [0, 0.05) is 25.3 Å². The zero-order valence-electron chi connectivity index (χ0n) is 23.1. The molecule has 0 aromatic heterocycles. The van der Waals surface area contributed by atoms with Crippen LogP contribution in [-0.2, 0) is 23.9 Å². The molecular weight excluding hydrogens is 500 g/mol. The van der Waals surface area contributed by atoms with E-state index in [0.717, 1.165) is 5.56 Å². The molecule has 39 heavy (non-hydrogen) atoms. The van der Waals surface area contributed by atoms with Crippen LogP contribution in [-0.4, -0.2) is 63.6 Å². The molecule has 210 valence electrons. The summed E-state index contributed by atoms with van der Waals surface area (Å²) in [5.74, 6) is -2.20. The topological polar surface area (TPSA) is 130 Å². The van der Waals surface area contributed by atoms with E-state index in [0.29, 0.717) is 16.7 Å². The number of hydrogen-bond donors (Lipinski definition) is 3. The van der Waals surface area contributed by atoms with Crippen molar-refractivity contribution in [2.24, 2.45) is 16.7 Å². The first-order valence-electron chi connectivity index (χ1n) is 13.4. The number of hydrogen-bond acceptors (Lipinski definition) is 8. The summed E-state index contributed by atoms with van der Waals surface area (Å²) in [5, 5.41) is 34.2. The van der Waals surface area contributed by atoms with Crippen molar-refractivity contribution in [1.29, 1.82) is 0 Å². The molecular formula is C31H38O8. The minimum Gasteiger partial charge on any atom is -0.458 e. The van der Waals surface area contributed by atoms with E-state index in [2.05, 4.69) is 0 Å². The molecule has 1 aromatic carbocycles. The maximum Gasteiger partial charge on any atom is 0.331 e. The monoisotopic (exact) mass is 538 g/mol. The summed E-state index contributed by atoms with van der Waals surface area (Å²) in [6.07, 6.45) is -0.648. The summed E-state index contributed by atoms with van der Waals surface area (Å²) in [4.78, 5) is 38.4. The second kappa shape index (κ2) is 10.8. The summed E-state index contributed by atoms with van der Waals surface area (Å²) in [7, 11) is 0. The number of aliphatic hydroxyl groups excluding tert-OH is 3. The van der Waals surface area contributed by atoms with Crippen LogP contribution in [0.2, 0.25) is 0 Å². The van der Waals surface area contributed by atoms with Crippen molar-refractivity contribution in [3.8, 4) is 0 Å². The smallest absolute Gasteiger partial charge is 0.331 e. The Balaban J connectivity index is 1.74. The number of ether oxygens (including phenoxy) is 2. The van der Waals surface area contributed by atoms with E-state index in [1.807, 2.05) is 44.2 Å². The van der Waals surface area contributed by atoms with Crippen LogP contribution in [0.3, 0.4) is 0 Å². The van der Waals surface area contributed by atoms with Crippen molar-refractivity contribution in [2.45, 2.75) is 84.4 Å². The molecule has 1 saturated carbocycles. The molecule has 0 spiro atoms. The Kier molecular flexibility index (Phi) is 8.03. The number of benzene rings is 1. The first-order valence-corrected chi connectivity index (χ1v) is 13.4. The second-order valence-electron chi connectivity index (χ2n) is 11.8. The predicted molar refractivity (Wildman–Crippen MR) is 144 cm³/mol. The summed E-state index contributed by atoms with van der Waals surface area (Å²) in [6.45, 7) is 8.30. The van der Waals surface area contributed by atoms with Gasteiger partial charge in [-0.25, -0.2) is 4.79 Å². The van der Waals surface area contributed by atoms with Crippen LogP contribution in [0.5, 0.6) is 0 Å². The molecule has 1 aromatic rings. The van der Waals surface area contributed by atoms with E-state index >= 15 is 0 Å². The van der Waals surface area contributed by atoms with Crippen molar-refractivity contribution >= 4 is 23.8 Å². The number of ketones is 1. The Labute approximate surface area is 229 Å². The number of carbonyl (C=O) groups is 3. The maximum absolute atomic E-state index is 13.9. The molecule has 0 aliphatic heterocycles.